The number of benzene rings is 1. The average Bonchev–Trinajstić information content (AvgIpc) is 2.58. The molecule has 1 atom stereocenters. The summed E-state index contributed by atoms with van der Waals surface area (Å²) in [5, 5.41) is 3.01. The van der Waals surface area contributed by atoms with Gasteiger partial charge in [0.2, 0.25) is 0 Å². The molecule has 0 saturated carbocycles. The third-order valence-corrected chi connectivity index (χ3v) is 4.30. The van der Waals surface area contributed by atoms with Crippen LogP contribution in [0.25, 0.3) is 0 Å². The van der Waals surface area contributed by atoms with Crippen molar-refractivity contribution >= 4 is 11.7 Å². The van der Waals surface area contributed by atoms with Crippen LogP contribution in [0.5, 0.6) is 11.5 Å². The predicted octanol–water partition coefficient (Wildman–Crippen LogP) is 4.67. The third-order valence-electron chi connectivity index (χ3n) is 4.30. The van der Waals surface area contributed by atoms with Gasteiger partial charge in [0.15, 0.2) is 11.5 Å². The molecule has 0 aliphatic carbocycles. The molecule has 0 fully saturated rings. The van der Waals surface area contributed by atoms with Gasteiger partial charge in [0.25, 0.3) is 0 Å². The van der Waals surface area contributed by atoms with Gasteiger partial charge in [-0.15, -0.1) is 0 Å². The monoisotopic (exact) mass is 334 g/mol. The zero-order chi connectivity index (χ0) is 17.4. The number of unbranched alkanes of at least 4 members (excludes halogenated alkanes) is 2. The second-order valence-electron chi connectivity index (χ2n) is 6.33. The average molecular weight is 334 g/mol. The number of hydrogen-bond donors (Lipinski definition) is 1. The van der Waals surface area contributed by atoms with Gasteiger partial charge in [-0.2, -0.15) is 0 Å². The zero-order valence-corrected chi connectivity index (χ0v) is 15.1. The van der Waals surface area contributed by atoms with Gasteiger partial charge in [0, 0.05) is 24.3 Å². The van der Waals surface area contributed by atoms with Crippen LogP contribution in [0, 0.1) is 0 Å². The Morgan fingerprint density at radius 2 is 1.92 bits per heavy atom. The maximum absolute atomic E-state index is 12.7. The highest BCUT2D eigenvalue weighted by Crippen LogP contribution is 2.32. The number of amides is 2. The van der Waals surface area contributed by atoms with E-state index in [0.717, 1.165) is 50.1 Å². The number of rotatable bonds is 8. The van der Waals surface area contributed by atoms with Crippen molar-refractivity contribution in [1.82, 2.24) is 4.90 Å². The van der Waals surface area contributed by atoms with E-state index < -0.39 is 0 Å². The molecule has 5 heteroatoms. The molecule has 0 aromatic heterocycles. The number of fused-ring (bicyclic) bond motifs is 1. The van der Waals surface area contributed by atoms with Crippen LogP contribution in [-0.2, 0) is 0 Å². The lowest BCUT2D eigenvalue weighted by molar-refractivity contribution is 0.171. The standard InChI is InChI=1S/C19H30N2O3/c1-4-6-7-11-21(15(3)8-5-2)19(22)20-16-9-10-17-18(14-16)24-13-12-23-17/h9-10,14-15H,4-8,11-13H2,1-3H3,(H,20,22)/t15-/m0/s1. The SMILES string of the molecule is CCCCCN(C(=O)Nc1ccc2c(c1)OCCO2)[C@@H](C)CCC. The summed E-state index contributed by atoms with van der Waals surface area (Å²) in [6.45, 7) is 8.36. The lowest BCUT2D eigenvalue weighted by Gasteiger charge is -2.29. The fourth-order valence-electron chi connectivity index (χ4n) is 2.94. The van der Waals surface area contributed by atoms with Crippen molar-refractivity contribution in [2.75, 3.05) is 25.1 Å². The summed E-state index contributed by atoms with van der Waals surface area (Å²) in [6, 6.07) is 5.75. The lowest BCUT2D eigenvalue weighted by atomic mass is 10.1. The number of urea groups is 1. The topological polar surface area (TPSA) is 50.8 Å². The molecule has 0 radical (unpaired) electrons. The van der Waals surface area contributed by atoms with Gasteiger partial charge in [0.05, 0.1) is 0 Å². The first kappa shape index (κ1) is 18.4. The van der Waals surface area contributed by atoms with E-state index in [1.54, 1.807) is 0 Å². The summed E-state index contributed by atoms with van der Waals surface area (Å²) >= 11 is 0. The van der Waals surface area contributed by atoms with Crippen LogP contribution in [0.1, 0.15) is 52.9 Å². The van der Waals surface area contributed by atoms with E-state index in [2.05, 4.69) is 26.1 Å². The van der Waals surface area contributed by atoms with Gasteiger partial charge < -0.3 is 19.7 Å². The second kappa shape index (κ2) is 9.40. The fraction of sp³-hybridized carbons (Fsp3) is 0.632. The summed E-state index contributed by atoms with van der Waals surface area (Å²) in [7, 11) is 0. The van der Waals surface area contributed by atoms with E-state index >= 15 is 0 Å². The van der Waals surface area contributed by atoms with Crippen LogP contribution in [-0.4, -0.2) is 36.7 Å². The van der Waals surface area contributed by atoms with E-state index in [0.29, 0.717) is 19.0 Å². The molecule has 1 aromatic rings. The minimum atomic E-state index is -0.0382. The number of carbonyl (C=O) groups is 1. The molecule has 2 amide bonds. The molecule has 0 saturated heterocycles. The Balaban J connectivity index is 2.02. The molecule has 134 valence electrons. The minimum absolute atomic E-state index is 0.0382. The van der Waals surface area contributed by atoms with Crippen molar-refractivity contribution in [1.29, 1.82) is 0 Å². The van der Waals surface area contributed by atoms with E-state index in [1.807, 2.05) is 23.1 Å². The normalized spacial score (nSPS) is 14.1. The van der Waals surface area contributed by atoms with Crippen molar-refractivity contribution in [3.05, 3.63) is 18.2 Å². The molecule has 2 rings (SSSR count). The molecule has 24 heavy (non-hydrogen) atoms. The molecular weight excluding hydrogens is 304 g/mol. The Morgan fingerprint density at radius 3 is 2.62 bits per heavy atom. The molecule has 1 N–H and O–H groups in total. The molecular formula is C19H30N2O3. The van der Waals surface area contributed by atoms with E-state index in [9.17, 15) is 4.79 Å². The van der Waals surface area contributed by atoms with Crippen molar-refractivity contribution in [2.24, 2.45) is 0 Å². The summed E-state index contributed by atoms with van der Waals surface area (Å²) in [4.78, 5) is 14.7. The third kappa shape index (κ3) is 5.05. The Labute approximate surface area is 145 Å². The fourth-order valence-corrected chi connectivity index (χ4v) is 2.94. The van der Waals surface area contributed by atoms with Gasteiger partial charge in [-0.1, -0.05) is 33.1 Å². The van der Waals surface area contributed by atoms with E-state index in [-0.39, 0.29) is 12.1 Å². The first-order valence-electron chi connectivity index (χ1n) is 9.13. The minimum Gasteiger partial charge on any atom is -0.486 e. The number of anilines is 1. The molecule has 0 unspecified atom stereocenters. The molecule has 0 bridgehead atoms. The number of nitrogens with zero attached hydrogens (tertiary/aromatic N) is 1. The smallest absolute Gasteiger partial charge is 0.322 e. The van der Waals surface area contributed by atoms with Crippen LogP contribution >= 0.6 is 0 Å². The van der Waals surface area contributed by atoms with Crippen LogP contribution in [0.3, 0.4) is 0 Å². The van der Waals surface area contributed by atoms with Crippen molar-refractivity contribution in [3.8, 4) is 11.5 Å². The van der Waals surface area contributed by atoms with E-state index in [1.165, 1.54) is 0 Å². The number of ether oxygens (including phenoxy) is 2. The van der Waals surface area contributed by atoms with E-state index in [4.69, 9.17) is 9.47 Å². The van der Waals surface area contributed by atoms with Gasteiger partial charge >= 0.3 is 6.03 Å². The Kier molecular flexibility index (Phi) is 7.22. The van der Waals surface area contributed by atoms with Gasteiger partial charge in [-0.25, -0.2) is 4.79 Å². The molecule has 1 aliphatic heterocycles. The largest absolute Gasteiger partial charge is 0.486 e. The number of carbonyl (C=O) groups excluding carboxylic acids is 1. The molecule has 5 nitrogen and oxygen atoms in total. The summed E-state index contributed by atoms with van der Waals surface area (Å²) in [5.74, 6) is 1.43. The summed E-state index contributed by atoms with van der Waals surface area (Å²) < 4.78 is 11.1. The first-order chi connectivity index (χ1) is 11.7. The van der Waals surface area contributed by atoms with Crippen LogP contribution in [0.2, 0.25) is 0 Å². The van der Waals surface area contributed by atoms with Crippen LogP contribution in [0.4, 0.5) is 10.5 Å². The Bertz CT molecular complexity index is 533. The Hall–Kier alpha value is -1.91. The summed E-state index contributed by atoms with van der Waals surface area (Å²) in [5.41, 5.74) is 0.744. The summed E-state index contributed by atoms with van der Waals surface area (Å²) in [6.07, 6.45) is 5.43. The maximum Gasteiger partial charge on any atom is 0.322 e. The molecule has 1 aliphatic rings. The highest BCUT2D eigenvalue weighted by atomic mass is 16.6. The molecule has 1 heterocycles. The van der Waals surface area contributed by atoms with Crippen LogP contribution < -0.4 is 14.8 Å². The Morgan fingerprint density at radius 1 is 1.17 bits per heavy atom. The maximum atomic E-state index is 12.7. The molecule has 0 spiro atoms. The van der Waals surface area contributed by atoms with Crippen LogP contribution in [0.15, 0.2) is 18.2 Å². The van der Waals surface area contributed by atoms with Gasteiger partial charge in [-0.05, 0) is 31.9 Å². The van der Waals surface area contributed by atoms with Crippen molar-refractivity contribution in [3.63, 3.8) is 0 Å². The lowest BCUT2D eigenvalue weighted by Crippen LogP contribution is -2.42. The quantitative estimate of drug-likeness (QED) is 0.703. The first-order valence-corrected chi connectivity index (χ1v) is 9.13. The number of nitrogens with one attached hydrogen (secondary N) is 1. The highest BCUT2D eigenvalue weighted by molar-refractivity contribution is 5.90. The van der Waals surface area contributed by atoms with Crippen molar-refractivity contribution < 1.29 is 14.3 Å². The van der Waals surface area contributed by atoms with Gasteiger partial charge in [-0.3, -0.25) is 0 Å². The van der Waals surface area contributed by atoms with Crippen molar-refractivity contribution in [2.45, 2.75) is 58.9 Å². The second-order valence-corrected chi connectivity index (χ2v) is 6.33. The number of hydrogen-bond acceptors (Lipinski definition) is 3. The predicted molar refractivity (Wildman–Crippen MR) is 97.1 cm³/mol. The molecule has 1 aromatic carbocycles. The highest BCUT2D eigenvalue weighted by Gasteiger charge is 2.20. The van der Waals surface area contributed by atoms with Gasteiger partial charge in [0.1, 0.15) is 13.2 Å². The zero-order valence-electron chi connectivity index (χ0n) is 15.1.